The Morgan fingerprint density at radius 3 is 2.54 bits per heavy atom. The summed E-state index contributed by atoms with van der Waals surface area (Å²) in [5.74, 6) is 1.23. The Labute approximate surface area is 206 Å². The highest BCUT2D eigenvalue weighted by molar-refractivity contribution is 5.76. The average molecular weight is 479 g/mol. The van der Waals surface area contributed by atoms with E-state index in [9.17, 15) is 0 Å². The minimum Gasteiger partial charge on any atom is -0.464 e. The second-order valence-electron chi connectivity index (χ2n) is 9.45. The third kappa shape index (κ3) is 4.96. The Kier molecular flexibility index (Phi) is 6.86. The zero-order valence-corrected chi connectivity index (χ0v) is 20.7. The molecule has 2 unspecified atom stereocenters. The van der Waals surface area contributed by atoms with Gasteiger partial charge in [0.15, 0.2) is 6.33 Å². The average Bonchev–Trinajstić information content (AvgIpc) is 3.25. The predicted octanol–water partition coefficient (Wildman–Crippen LogP) is 4.53. The number of rotatable bonds is 10. The molecule has 5 rings (SSSR count). The summed E-state index contributed by atoms with van der Waals surface area (Å²) in [6.07, 6.45) is 8.92. The van der Waals surface area contributed by atoms with Gasteiger partial charge in [0.1, 0.15) is 0 Å². The van der Waals surface area contributed by atoms with Gasteiger partial charge in [-0.25, -0.2) is 9.97 Å². The van der Waals surface area contributed by atoms with Crippen molar-refractivity contribution in [1.29, 1.82) is 0 Å². The van der Waals surface area contributed by atoms with E-state index < -0.39 is 0 Å². The molecular weight excluding hydrogens is 444 g/mol. The summed E-state index contributed by atoms with van der Waals surface area (Å²) in [5, 5.41) is 7.41. The molecule has 0 spiro atoms. The van der Waals surface area contributed by atoms with Crippen molar-refractivity contribution in [3.05, 3.63) is 48.4 Å². The van der Waals surface area contributed by atoms with Crippen molar-refractivity contribution < 1.29 is 14.0 Å². The van der Waals surface area contributed by atoms with E-state index in [1.807, 2.05) is 6.92 Å². The molecule has 1 saturated carbocycles. The first kappa shape index (κ1) is 23.5. The highest BCUT2D eigenvalue weighted by Gasteiger charge is 2.53. The van der Waals surface area contributed by atoms with E-state index in [0.29, 0.717) is 30.5 Å². The summed E-state index contributed by atoms with van der Waals surface area (Å²) in [7, 11) is 0. The number of anilines is 3. The Bertz CT molecular complexity index is 1100. The van der Waals surface area contributed by atoms with Crippen LogP contribution < -0.4 is 15.0 Å². The molecule has 2 aliphatic rings. The molecule has 35 heavy (non-hydrogen) atoms. The number of aromatic nitrogens is 4. The van der Waals surface area contributed by atoms with Gasteiger partial charge in [-0.2, -0.15) is 4.98 Å². The number of nitrogens with one attached hydrogen (secondary N) is 1. The molecule has 1 aliphatic carbocycles. The maximum Gasteiger partial charge on any atom is 0.316 e. The maximum absolute atomic E-state index is 5.63. The van der Waals surface area contributed by atoms with Crippen molar-refractivity contribution in [1.82, 2.24) is 20.1 Å². The molecule has 1 aromatic carbocycles. The Morgan fingerprint density at radius 2 is 1.91 bits per heavy atom. The van der Waals surface area contributed by atoms with Gasteiger partial charge in [0.25, 0.3) is 0 Å². The number of benzene rings is 1. The standard InChI is InChI=1S/C26H34N6O3/c1-4-32(21-8-10-33-11-9-21)23-7-6-19(26(13-18(26)3)14-24-29-17-30-35-24)12-22(23)31-20-15-27-25(28-16-20)34-5-2/h6-7,12,15-18,21,31H,4-5,8-11,13-14H2,1-3H3. The molecule has 2 aromatic heterocycles. The van der Waals surface area contributed by atoms with Gasteiger partial charge in [-0.1, -0.05) is 18.1 Å². The van der Waals surface area contributed by atoms with Crippen LogP contribution in [0.1, 0.15) is 51.5 Å². The minimum absolute atomic E-state index is 0.00649. The summed E-state index contributed by atoms with van der Waals surface area (Å²) in [6.45, 7) is 9.49. The first-order chi connectivity index (χ1) is 17.1. The van der Waals surface area contributed by atoms with Crippen LogP contribution in [0.2, 0.25) is 0 Å². The molecule has 3 aromatic rings. The molecule has 0 bridgehead atoms. The first-order valence-electron chi connectivity index (χ1n) is 12.6. The van der Waals surface area contributed by atoms with E-state index in [0.717, 1.165) is 56.8 Å². The molecule has 1 N–H and O–H groups in total. The lowest BCUT2D eigenvalue weighted by Crippen LogP contribution is -2.39. The summed E-state index contributed by atoms with van der Waals surface area (Å²) < 4.78 is 16.4. The summed E-state index contributed by atoms with van der Waals surface area (Å²) in [6, 6.07) is 7.65. The number of nitrogens with zero attached hydrogens (tertiary/aromatic N) is 5. The smallest absolute Gasteiger partial charge is 0.316 e. The fourth-order valence-corrected chi connectivity index (χ4v) is 5.34. The van der Waals surface area contributed by atoms with Crippen LogP contribution in [0.5, 0.6) is 6.01 Å². The molecule has 3 heterocycles. The van der Waals surface area contributed by atoms with Gasteiger partial charge in [-0.05, 0) is 56.7 Å². The van der Waals surface area contributed by atoms with Crippen LogP contribution in [0, 0.1) is 5.92 Å². The SMILES string of the molecule is CCOc1ncc(Nc2cc(C3(Cc4ncno4)CC3C)ccc2N(CC)C2CCOCC2)cn1. The van der Waals surface area contributed by atoms with Crippen molar-refractivity contribution in [3.8, 4) is 6.01 Å². The highest BCUT2D eigenvalue weighted by atomic mass is 16.5. The van der Waals surface area contributed by atoms with E-state index in [4.69, 9.17) is 14.0 Å². The highest BCUT2D eigenvalue weighted by Crippen LogP contribution is 2.56. The topological polar surface area (TPSA) is 98.4 Å². The van der Waals surface area contributed by atoms with Gasteiger partial charge in [0.2, 0.25) is 5.89 Å². The van der Waals surface area contributed by atoms with Crippen molar-refractivity contribution in [2.45, 2.75) is 57.9 Å². The number of hydrogen-bond donors (Lipinski definition) is 1. The Hall–Kier alpha value is -3.20. The molecule has 0 radical (unpaired) electrons. The van der Waals surface area contributed by atoms with Gasteiger partial charge < -0.3 is 24.2 Å². The quantitative estimate of drug-likeness (QED) is 0.451. The van der Waals surface area contributed by atoms with E-state index in [1.54, 1.807) is 12.4 Å². The molecule has 2 atom stereocenters. The monoisotopic (exact) mass is 478 g/mol. The second-order valence-corrected chi connectivity index (χ2v) is 9.45. The fraction of sp³-hybridized carbons (Fsp3) is 0.538. The van der Waals surface area contributed by atoms with Crippen molar-refractivity contribution in [2.24, 2.45) is 5.92 Å². The summed E-state index contributed by atoms with van der Waals surface area (Å²) >= 11 is 0. The van der Waals surface area contributed by atoms with E-state index in [1.165, 1.54) is 17.6 Å². The normalized spacial score (nSPS) is 22.1. The molecule has 1 saturated heterocycles. The van der Waals surface area contributed by atoms with Crippen LogP contribution in [0.4, 0.5) is 17.1 Å². The lowest BCUT2D eigenvalue weighted by molar-refractivity contribution is 0.0846. The summed E-state index contributed by atoms with van der Waals surface area (Å²) in [4.78, 5) is 15.5. The van der Waals surface area contributed by atoms with Crippen LogP contribution in [0.3, 0.4) is 0 Å². The van der Waals surface area contributed by atoms with Crippen molar-refractivity contribution in [2.75, 3.05) is 36.6 Å². The van der Waals surface area contributed by atoms with E-state index in [-0.39, 0.29) is 5.41 Å². The first-order valence-corrected chi connectivity index (χ1v) is 12.6. The number of hydrogen-bond acceptors (Lipinski definition) is 9. The van der Waals surface area contributed by atoms with Crippen LogP contribution in [0.15, 0.2) is 41.4 Å². The van der Waals surface area contributed by atoms with Gasteiger partial charge >= 0.3 is 6.01 Å². The van der Waals surface area contributed by atoms with Crippen LogP contribution >= 0.6 is 0 Å². The van der Waals surface area contributed by atoms with Crippen LogP contribution in [0.25, 0.3) is 0 Å². The van der Waals surface area contributed by atoms with E-state index >= 15 is 0 Å². The van der Waals surface area contributed by atoms with Gasteiger partial charge in [-0.15, -0.1) is 0 Å². The second kappa shape index (κ2) is 10.2. The molecule has 2 fully saturated rings. The molecule has 9 heteroatoms. The Morgan fingerprint density at radius 1 is 1.14 bits per heavy atom. The fourth-order valence-electron chi connectivity index (χ4n) is 5.34. The lowest BCUT2D eigenvalue weighted by Gasteiger charge is -2.37. The zero-order chi connectivity index (χ0) is 24.3. The minimum atomic E-state index is 0.00649. The molecule has 0 amide bonds. The van der Waals surface area contributed by atoms with E-state index in [2.05, 4.69) is 62.4 Å². The zero-order valence-electron chi connectivity index (χ0n) is 20.7. The van der Waals surface area contributed by atoms with Gasteiger partial charge in [-0.3, -0.25) is 0 Å². The van der Waals surface area contributed by atoms with Crippen molar-refractivity contribution in [3.63, 3.8) is 0 Å². The molecule has 186 valence electrons. The van der Waals surface area contributed by atoms with Crippen LogP contribution in [-0.4, -0.2) is 52.5 Å². The summed E-state index contributed by atoms with van der Waals surface area (Å²) in [5.41, 5.74) is 4.34. The van der Waals surface area contributed by atoms with Gasteiger partial charge in [0, 0.05) is 37.6 Å². The lowest BCUT2D eigenvalue weighted by atomic mass is 9.89. The molecular formula is C26H34N6O3. The number of ether oxygens (including phenoxy) is 2. The third-order valence-corrected chi connectivity index (χ3v) is 7.36. The van der Waals surface area contributed by atoms with Gasteiger partial charge in [0.05, 0.1) is 36.1 Å². The molecule has 1 aliphatic heterocycles. The largest absolute Gasteiger partial charge is 0.464 e. The predicted molar refractivity (Wildman–Crippen MR) is 133 cm³/mol. The Balaban J connectivity index is 1.49. The van der Waals surface area contributed by atoms with Crippen molar-refractivity contribution >= 4 is 17.1 Å². The molecule has 9 nitrogen and oxygen atoms in total. The maximum atomic E-state index is 5.63. The van der Waals surface area contributed by atoms with Crippen LogP contribution in [-0.2, 0) is 16.6 Å². The third-order valence-electron chi connectivity index (χ3n) is 7.36.